The second kappa shape index (κ2) is 10.2. The van der Waals surface area contributed by atoms with Gasteiger partial charge in [-0.05, 0) is 25.1 Å². The number of hydrogen-bond donors (Lipinski definition) is 2. The Morgan fingerprint density at radius 2 is 1.75 bits per heavy atom. The number of rotatable bonds is 10. The smallest absolute Gasteiger partial charge is 0.243 e. The molecule has 0 radical (unpaired) electrons. The largest absolute Gasteiger partial charge is 0.494 e. The summed E-state index contributed by atoms with van der Waals surface area (Å²) in [4.78, 5) is 4.40. The minimum Gasteiger partial charge on any atom is -0.494 e. The molecule has 4 rings (SSSR count). The molecule has 0 aliphatic rings. The number of aryl methyl sites for hydroxylation is 1. The lowest BCUT2D eigenvalue weighted by atomic mass is 10.2. The number of aliphatic hydroxyl groups excluding tert-OH is 1. The third kappa shape index (κ3) is 5.08. The predicted molar refractivity (Wildman–Crippen MR) is 128 cm³/mol. The van der Waals surface area contributed by atoms with Crippen molar-refractivity contribution in [1.29, 1.82) is 0 Å². The Balaban J connectivity index is 1.82. The van der Waals surface area contributed by atoms with Crippen molar-refractivity contribution >= 4 is 16.0 Å². The van der Waals surface area contributed by atoms with Crippen LogP contribution in [0.3, 0.4) is 0 Å². The van der Waals surface area contributed by atoms with Crippen molar-refractivity contribution in [2.24, 2.45) is 0 Å². The molecule has 0 fully saturated rings. The second-order valence-corrected chi connectivity index (χ2v) is 9.29. The van der Waals surface area contributed by atoms with E-state index in [2.05, 4.69) is 25.1 Å². The number of ether oxygens (including phenoxy) is 3. The van der Waals surface area contributed by atoms with Crippen LogP contribution in [-0.2, 0) is 10.0 Å². The van der Waals surface area contributed by atoms with E-state index < -0.39 is 21.9 Å². The molecule has 14 heteroatoms. The van der Waals surface area contributed by atoms with Crippen LogP contribution in [0.1, 0.15) is 17.6 Å². The van der Waals surface area contributed by atoms with Crippen molar-refractivity contribution in [3.05, 3.63) is 53.9 Å². The van der Waals surface area contributed by atoms with E-state index in [0.29, 0.717) is 34.5 Å². The maximum atomic E-state index is 13.0. The molecule has 36 heavy (non-hydrogen) atoms. The van der Waals surface area contributed by atoms with Gasteiger partial charge in [0.05, 0.1) is 21.3 Å². The zero-order valence-corrected chi connectivity index (χ0v) is 20.7. The van der Waals surface area contributed by atoms with E-state index in [1.807, 2.05) is 0 Å². The summed E-state index contributed by atoms with van der Waals surface area (Å²) in [7, 11) is 0.247. The van der Waals surface area contributed by atoms with Crippen molar-refractivity contribution in [2.75, 3.05) is 31.8 Å². The average molecular weight is 517 g/mol. The summed E-state index contributed by atoms with van der Waals surface area (Å²) in [5, 5.41) is 22.3. The number of anilines is 1. The van der Waals surface area contributed by atoms with Crippen LogP contribution < -0.4 is 18.9 Å². The van der Waals surface area contributed by atoms with Gasteiger partial charge in [0, 0.05) is 12.1 Å². The Bertz CT molecular complexity index is 1450. The van der Waals surface area contributed by atoms with Crippen LogP contribution in [-0.4, -0.2) is 65.5 Å². The molecule has 0 aliphatic carbocycles. The molecule has 1 aromatic carbocycles. The van der Waals surface area contributed by atoms with Crippen LogP contribution in [0.5, 0.6) is 17.4 Å². The number of aliphatic hydroxyl groups is 1. The maximum Gasteiger partial charge on any atom is 0.243 e. The summed E-state index contributed by atoms with van der Waals surface area (Å²) in [6.07, 6.45) is -1.43. The molecular weight excluding hydrogens is 492 g/mol. The lowest BCUT2D eigenvalue weighted by Crippen LogP contribution is -2.23. The van der Waals surface area contributed by atoms with E-state index in [4.69, 9.17) is 18.7 Å². The number of para-hydroxylation sites is 1. The summed E-state index contributed by atoms with van der Waals surface area (Å²) in [6.45, 7) is 1.63. The number of nitrogens with zero attached hydrogens (tertiary/aromatic N) is 5. The summed E-state index contributed by atoms with van der Waals surface area (Å²) in [5.74, 6) is 0.772. The van der Waals surface area contributed by atoms with Gasteiger partial charge in [-0.15, -0.1) is 10.2 Å². The molecule has 3 heterocycles. The van der Waals surface area contributed by atoms with Gasteiger partial charge in [0.25, 0.3) is 0 Å². The van der Waals surface area contributed by atoms with Crippen LogP contribution in [0, 0.1) is 6.92 Å². The topological polar surface area (TPSA) is 164 Å². The highest BCUT2D eigenvalue weighted by Crippen LogP contribution is 2.37. The van der Waals surface area contributed by atoms with Crippen molar-refractivity contribution in [1.82, 2.24) is 24.9 Å². The van der Waals surface area contributed by atoms with Gasteiger partial charge in [0.1, 0.15) is 46.2 Å². The van der Waals surface area contributed by atoms with Gasteiger partial charge in [-0.1, -0.05) is 17.3 Å². The molecular formula is C22H24N6O7S. The molecule has 0 unspecified atom stereocenters. The molecule has 4 aromatic rings. The van der Waals surface area contributed by atoms with E-state index in [-0.39, 0.29) is 17.5 Å². The van der Waals surface area contributed by atoms with Gasteiger partial charge >= 0.3 is 0 Å². The first kappa shape index (κ1) is 24.9. The lowest BCUT2D eigenvalue weighted by Gasteiger charge is -2.18. The minimum atomic E-state index is -4.16. The van der Waals surface area contributed by atoms with Gasteiger partial charge in [-0.2, -0.15) is 0 Å². The Morgan fingerprint density at radius 1 is 1.06 bits per heavy atom. The number of sulfonamides is 1. The first-order valence-corrected chi connectivity index (χ1v) is 12.2. The summed E-state index contributed by atoms with van der Waals surface area (Å²) < 4.78 is 51.0. The fourth-order valence-corrected chi connectivity index (χ4v) is 4.53. The van der Waals surface area contributed by atoms with Gasteiger partial charge in [0.2, 0.25) is 21.9 Å². The monoisotopic (exact) mass is 516 g/mol. The zero-order valence-electron chi connectivity index (χ0n) is 19.9. The van der Waals surface area contributed by atoms with Gasteiger partial charge < -0.3 is 23.8 Å². The predicted octanol–water partition coefficient (Wildman–Crippen LogP) is 2.13. The fraction of sp³-hybridized carbons (Fsp3) is 0.273. The van der Waals surface area contributed by atoms with Gasteiger partial charge in [0.15, 0.2) is 5.82 Å². The normalized spacial score (nSPS) is 12.2. The first-order valence-electron chi connectivity index (χ1n) is 10.6. The Hall–Kier alpha value is -4.17. The summed E-state index contributed by atoms with van der Waals surface area (Å²) >= 11 is 0. The van der Waals surface area contributed by atoms with Crippen LogP contribution in [0.4, 0.5) is 5.95 Å². The first-order chi connectivity index (χ1) is 17.3. The molecule has 0 saturated carbocycles. The highest BCUT2D eigenvalue weighted by atomic mass is 32.2. The van der Waals surface area contributed by atoms with Crippen molar-refractivity contribution in [3.63, 3.8) is 0 Å². The molecule has 0 saturated heterocycles. The number of aromatic nitrogens is 5. The number of methoxy groups -OCH3 is 3. The van der Waals surface area contributed by atoms with Crippen molar-refractivity contribution < 1.29 is 32.3 Å². The molecule has 3 aromatic heterocycles. The van der Waals surface area contributed by atoms with Crippen molar-refractivity contribution in [3.8, 4) is 34.6 Å². The summed E-state index contributed by atoms with van der Waals surface area (Å²) in [5.41, 5.74) is 0.767. The molecule has 1 atom stereocenters. The Labute approximate surface area is 206 Å². The highest BCUT2D eigenvalue weighted by molar-refractivity contribution is 7.92. The van der Waals surface area contributed by atoms with Crippen LogP contribution >= 0.6 is 0 Å². The highest BCUT2D eigenvalue weighted by Gasteiger charge is 2.28. The van der Waals surface area contributed by atoms with Crippen LogP contribution in [0.15, 0.2) is 47.0 Å². The van der Waals surface area contributed by atoms with E-state index in [9.17, 15) is 13.5 Å². The number of benzene rings is 1. The number of hydrogen-bond acceptors (Lipinski definition) is 11. The Kier molecular flexibility index (Phi) is 7.07. The third-order valence-electron chi connectivity index (χ3n) is 5.06. The molecule has 13 nitrogen and oxygen atoms in total. The van der Waals surface area contributed by atoms with Crippen LogP contribution in [0.2, 0.25) is 0 Å². The molecule has 190 valence electrons. The SMILES string of the molecule is COc1cccc(-c2nnc(NS(=O)(=O)C[C@@H](O)c3cc(C)on3)n2-c2c(OC)cccc2OC)n1. The third-order valence-corrected chi connectivity index (χ3v) is 6.31. The van der Waals surface area contributed by atoms with E-state index in [1.54, 1.807) is 43.3 Å². The molecule has 0 spiro atoms. The number of nitrogens with one attached hydrogen (secondary N) is 1. The van der Waals surface area contributed by atoms with Crippen LogP contribution in [0.25, 0.3) is 17.2 Å². The molecule has 0 aliphatic heterocycles. The van der Waals surface area contributed by atoms with E-state index >= 15 is 0 Å². The van der Waals surface area contributed by atoms with E-state index in [1.165, 1.54) is 32.0 Å². The van der Waals surface area contributed by atoms with E-state index in [0.717, 1.165) is 0 Å². The lowest BCUT2D eigenvalue weighted by molar-refractivity contribution is 0.190. The van der Waals surface area contributed by atoms with Gasteiger partial charge in [-0.25, -0.2) is 13.4 Å². The fourth-order valence-electron chi connectivity index (χ4n) is 3.45. The quantitative estimate of drug-likeness (QED) is 0.317. The average Bonchev–Trinajstić information content (AvgIpc) is 3.49. The Morgan fingerprint density at radius 3 is 2.36 bits per heavy atom. The maximum absolute atomic E-state index is 13.0. The molecule has 0 amide bonds. The number of pyridine rings is 1. The summed E-state index contributed by atoms with van der Waals surface area (Å²) in [6, 6.07) is 11.6. The standard InChI is InChI=1S/C22H24N6O7S/c1-13-11-15(26-35-13)16(29)12-36(30,31)27-22-25-24-21(14-7-5-10-19(23-14)34-4)28(22)20-17(32-2)8-6-9-18(20)33-3/h5-11,16,29H,12H2,1-4H3,(H,25,27)/t16-/m1/s1. The molecule has 0 bridgehead atoms. The molecule has 2 N–H and O–H groups in total. The second-order valence-electron chi connectivity index (χ2n) is 7.52. The van der Waals surface area contributed by atoms with Gasteiger partial charge in [-0.3, -0.25) is 9.29 Å². The minimum absolute atomic E-state index is 0.0898. The van der Waals surface area contributed by atoms with Crippen molar-refractivity contribution in [2.45, 2.75) is 13.0 Å². The zero-order chi connectivity index (χ0) is 25.9.